The average Bonchev–Trinajstić information content (AvgIpc) is 2.52. The molecule has 2 aromatic rings. The smallest absolute Gasteiger partial charge is 0.135 e. The zero-order chi connectivity index (χ0) is 14.7. The Labute approximate surface area is 132 Å². The molecule has 0 bridgehead atoms. The summed E-state index contributed by atoms with van der Waals surface area (Å²) in [5, 5.41) is 3.32. The van der Waals surface area contributed by atoms with Crippen molar-refractivity contribution in [1.82, 2.24) is 9.97 Å². The minimum Gasteiger partial charge on any atom is -0.378 e. The molecule has 1 fully saturated rings. The van der Waals surface area contributed by atoms with Crippen molar-refractivity contribution in [3.05, 3.63) is 40.6 Å². The molecule has 1 aromatic carbocycles. The number of rotatable bonds is 3. The largest absolute Gasteiger partial charge is 0.378 e. The lowest BCUT2D eigenvalue weighted by atomic mass is 10.2. The van der Waals surface area contributed by atoms with Crippen LogP contribution in [0.4, 0.5) is 17.3 Å². The molecule has 0 atom stereocenters. The zero-order valence-electron chi connectivity index (χ0n) is 11.8. The number of hydrogen-bond acceptors (Lipinski definition) is 5. The number of aryl methyl sites for hydroxylation is 1. The number of benzene rings is 1. The summed E-state index contributed by atoms with van der Waals surface area (Å²) in [6, 6.07) is 8.11. The van der Waals surface area contributed by atoms with Gasteiger partial charge in [0.1, 0.15) is 18.0 Å². The first-order valence-electron chi connectivity index (χ1n) is 6.90. The Morgan fingerprint density at radius 3 is 2.76 bits per heavy atom. The molecule has 5 nitrogen and oxygen atoms in total. The Hall–Kier alpha value is -1.66. The molecular formula is C15H17BrN4O. The van der Waals surface area contributed by atoms with E-state index in [-0.39, 0.29) is 0 Å². The van der Waals surface area contributed by atoms with Crippen molar-refractivity contribution >= 4 is 33.3 Å². The summed E-state index contributed by atoms with van der Waals surface area (Å²) in [6.45, 7) is 5.30. The fourth-order valence-electron chi connectivity index (χ4n) is 2.25. The minimum atomic E-state index is 0.749. The van der Waals surface area contributed by atoms with Crippen LogP contribution < -0.4 is 10.2 Å². The van der Waals surface area contributed by atoms with Gasteiger partial charge in [-0.3, -0.25) is 0 Å². The highest BCUT2D eigenvalue weighted by Gasteiger charge is 2.13. The summed E-state index contributed by atoms with van der Waals surface area (Å²) in [5.41, 5.74) is 2.20. The van der Waals surface area contributed by atoms with Gasteiger partial charge in [-0.1, -0.05) is 15.9 Å². The molecule has 0 saturated carbocycles. The second-order valence-electron chi connectivity index (χ2n) is 4.95. The Morgan fingerprint density at radius 2 is 2.00 bits per heavy atom. The number of hydrogen-bond donors (Lipinski definition) is 1. The van der Waals surface area contributed by atoms with Crippen LogP contribution in [0.2, 0.25) is 0 Å². The molecule has 110 valence electrons. The Kier molecular flexibility index (Phi) is 4.36. The van der Waals surface area contributed by atoms with Gasteiger partial charge in [-0.15, -0.1) is 0 Å². The van der Waals surface area contributed by atoms with Gasteiger partial charge in [0.2, 0.25) is 0 Å². The van der Waals surface area contributed by atoms with Crippen molar-refractivity contribution in [2.45, 2.75) is 6.92 Å². The molecule has 0 aliphatic carbocycles. The molecular weight excluding hydrogens is 332 g/mol. The molecule has 1 aromatic heterocycles. The molecule has 0 spiro atoms. The number of nitrogens with zero attached hydrogens (tertiary/aromatic N) is 3. The maximum atomic E-state index is 5.37. The van der Waals surface area contributed by atoms with Gasteiger partial charge >= 0.3 is 0 Å². The van der Waals surface area contributed by atoms with Crippen molar-refractivity contribution in [2.75, 3.05) is 36.5 Å². The molecule has 21 heavy (non-hydrogen) atoms. The molecule has 1 N–H and O–H groups in total. The zero-order valence-corrected chi connectivity index (χ0v) is 13.4. The molecule has 0 unspecified atom stereocenters. The fraction of sp³-hybridized carbons (Fsp3) is 0.333. The monoisotopic (exact) mass is 348 g/mol. The van der Waals surface area contributed by atoms with E-state index in [1.807, 2.05) is 18.2 Å². The third kappa shape index (κ3) is 3.51. The third-order valence-corrected chi connectivity index (χ3v) is 4.31. The molecule has 2 heterocycles. The van der Waals surface area contributed by atoms with Gasteiger partial charge in [-0.25, -0.2) is 9.97 Å². The predicted molar refractivity (Wildman–Crippen MR) is 87.2 cm³/mol. The molecule has 1 aliphatic heterocycles. The van der Waals surface area contributed by atoms with E-state index < -0.39 is 0 Å². The van der Waals surface area contributed by atoms with Crippen LogP contribution in [-0.4, -0.2) is 36.3 Å². The lowest BCUT2D eigenvalue weighted by Gasteiger charge is -2.27. The summed E-state index contributed by atoms with van der Waals surface area (Å²) in [7, 11) is 0. The van der Waals surface area contributed by atoms with Gasteiger partial charge < -0.3 is 15.0 Å². The summed E-state index contributed by atoms with van der Waals surface area (Å²) < 4.78 is 6.47. The highest BCUT2D eigenvalue weighted by atomic mass is 79.9. The number of anilines is 3. The van der Waals surface area contributed by atoms with E-state index in [1.165, 1.54) is 5.56 Å². The first-order chi connectivity index (χ1) is 10.2. The third-order valence-electron chi connectivity index (χ3n) is 3.42. The van der Waals surface area contributed by atoms with E-state index in [2.05, 4.69) is 49.1 Å². The van der Waals surface area contributed by atoms with Gasteiger partial charge in [-0.05, 0) is 30.7 Å². The lowest BCUT2D eigenvalue weighted by Crippen LogP contribution is -2.36. The first kappa shape index (κ1) is 14.3. The van der Waals surface area contributed by atoms with Crippen molar-refractivity contribution in [2.24, 2.45) is 0 Å². The van der Waals surface area contributed by atoms with Crippen molar-refractivity contribution in [1.29, 1.82) is 0 Å². The molecule has 0 radical (unpaired) electrons. The van der Waals surface area contributed by atoms with E-state index in [0.29, 0.717) is 0 Å². The van der Waals surface area contributed by atoms with Gasteiger partial charge in [-0.2, -0.15) is 0 Å². The van der Waals surface area contributed by atoms with Crippen LogP contribution >= 0.6 is 15.9 Å². The van der Waals surface area contributed by atoms with Crippen LogP contribution in [-0.2, 0) is 4.74 Å². The van der Waals surface area contributed by atoms with Crippen LogP contribution in [0.15, 0.2) is 35.1 Å². The van der Waals surface area contributed by atoms with Crippen LogP contribution in [0, 0.1) is 6.92 Å². The van der Waals surface area contributed by atoms with E-state index in [0.717, 1.165) is 48.1 Å². The predicted octanol–water partition coefficient (Wildman–Crippen LogP) is 3.13. The fourth-order valence-corrected chi connectivity index (χ4v) is 2.50. The summed E-state index contributed by atoms with van der Waals surface area (Å²) >= 11 is 3.51. The van der Waals surface area contributed by atoms with Gasteiger partial charge in [0.15, 0.2) is 0 Å². The average molecular weight is 349 g/mol. The SMILES string of the molecule is Cc1cc(Nc2cc(N3CCOCC3)ncn2)ccc1Br. The molecule has 0 amide bonds. The van der Waals surface area contributed by atoms with E-state index in [9.17, 15) is 0 Å². The van der Waals surface area contributed by atoms with E-state index in [4.69, 9.17) is 4.74 Å². The molecule has 6 heteroatoms. The summed E-state index contributed by atoms with van der Waals surface area (Å²) in [5.74, 6) is 1.73. The maximum absolute atomic E-state index is 5.37. The topological polar surface area (TPSA) is 50.3 Å². The number of nitrogens with one attached hydrogen (secondary N) is 1. The highest BCUT2D eigenvalue weighted by molar-refractivity contribution is 9.10. The van der Waals surface area contributed by atoms with Crippen LogP contribution in [0.25, 0.3) is 0 Å². The molecule has 1 saturated heterocycles. The Bertz CT molecular complexity index is 629. The standard InChI is InChI=1S/C15H17BrN4O/c1-11-8-12(2-3-13(11)16)19-14-9-15(18-10-17-14)20-4-6-21-7-5-20/h2-3,8-10H,4-7H2,1H3,(H,17,18,19). The van der Waals surface area contributed by atoms with Crippen LogP contribution in [0.5, 0.6) is 0 Å². The maximum Gasteiger partial charge on any atom is 0.135 e. The normalized spacial score (nSPS) is 15.0. The molecule has 3 rings (SSSR count). The van der Waals surface area contributed by atoms with E-state index >= 15 is 0 Å². The lowest BCUT2D eigenvalue weighted by molar-refractivity contribution is 0.122. The second kappa shape index (κ2) is 6.41. The van der Waals surface area contributed by atoms with Crippen LogP contribution in [0.1, 0.15) is 5.56 Å². The van der Waals surface area contributed by atoms with Crippen LogP contribution in [0.3, 0.4) is 0 Å². The number of aromatic nitrogens is 2. The number of ether oxygens (including phenoxy) is 1. The van der Waals surface area contributed by atoms with Gasteiger partial charge in [0.05, 0.1) is 13.2 Å². The van der Waals surface area contributed by atoms with Gasteiger partial charge in [0, 0.05) is 29.3 Å². The van der Waals surface area contributed by atoms with Crippen molar-refractivity contribution < 1.29 is 4.74 Å². The summed E-state index contributed by atoms with van der Waals surface area (Å²) in [4.78, 5) is 10.8. The summed E-state index contributed by atoms with van der Waals surface area (Å²) in [6.07, 6.45) is 1.60. The Morgan fingerprint density at radius 1 is 1.19 bits per heavy atom. The van der Waals surface area contributed by atoms with Crippen molar-refractivity contribution in [3.8, 4) is 0 Å². The van der Waals surface area contributed by atoms with Crippen molar-refractivity contribution in [3.63, 3.8) is 0 Å². The highest BCUT2D eigenvalue weighted by Crippen LogP contribution is 2.23. The van der Waals surface area contributed by atoms with Gasteiger partial charge in [0.25, 0.3) is 0 Å². The number of morpholine rings is 1. The number of halogens is 1. The Balaban J connectivity index is 1.77. The second-order valence-corrected chi connectivity index (χ2v) is 5.80. The molecule has 1 aliphatic rings. The quantitative estimate of drug-likeness (QED) is 0.923. The minimum absolute atomic E-state index is 0.749. The first-order valence-corrected chi connectivity index (χ1v) is 7.69. The van der Waals surface area contributed by atoms with E-state index in [1.54, 1.807) is 6.33 Å².